The van der Waals surface area contributed by atoms with E-state index in [2.05, 4.69) is 39.1 Å². The first-order valence-corrected chi connectivity index (χ1v) is 12.6. The van der Waals surface area contributed by atoms with Crippen LogP contribution in [0.1, 0.15) is 44.4 Å². The third-order valence-corrected chi connectivity index (χ3v) is 7.09. The molecule has 36 heavy (non-hydrogen) atoms. The summed E-state index contributed by atoms with van der Waals surface area (Å²) in [6, 6.07) is 10.1. The maximum atomic E-state index is 12.8. The van der Waals surface area contributed by atoms with Crippen LogP contribution in [-0.2, 0) is 17.5 Å². The molecule has 3 heterocycles. The summed E-state index contributed by atoms with van der Waals surface area (Å²) >= 11 is 0. The van der Waals surface area contributed by atoms with E-state index in [4.69, 9.17) is 4.74 Å². The standard InChI is InChI=1S/C26H34F3N5O2/c1-19-16-33(24-15-30-23(14-31-24)26(27,28)29)17-20(2)34(19)25(35)36-13-10-21-8-11-32(12-9-21)18-22-6-4-3-5-7-22/h3-7,14-15,19-21H,8-13,16-18H2,1-2H3/t19-,20+. The third-order valence-electron chi connectivity index (χ3n) is 7.09. The van der Waals surface area contributed by atoms with Crippen LogP contribution >= 0.6 is 0 Å². The predicted molar refractivity (Wildman–Crippen MR) is 130 cm³/mol. The van der Waals surface area contributed by atoms with E-state index >= 15 is 0 Å². The largest absolute Gasteiger partial charge is 0.449 e. The number of hydrogen-bond acceptors (Lipinski definition) is 6. The molecule has 2 saturated heterocycles. The number of benzene rings is 1. The number of aromatic nitrogens is 2. The van der Waals surface area contributed by atoms with Crippen LogP contribution in [0, 0.1) is 5.92 Å². The summed E-state index contributed by atoms with van der Waals surface area (Å²) in [4.78, 5) is 26.3. The van der Waals surface area contributed by atoms with Crippen molar-refractivity contribution in [3.05, 3.63) is 54.0 Å². The Balaban J connectivity index is 1.20. The topological polar surface area (TPSA) is 61.8 Å². The van der Waals surface area contributed by atoms with Crippen LogP contribution in [0.2, 0.25) is 0 Å². The number of amides is 1. The van der Waals surface area contributed by atoms with Gasteiger partial charge in [0.2, 0.25) is 0 Å². The molecule has 2 aliphatic rings. The fourth-order valence-corrected chi connectivity index (χ4v) is 5.16. The molecule has 0 aliphatic carbocycles. The van der Waals surface area contributed by atoms with Crippen molar-refractivity contribution in [3.8, 4) is 0 Å². The van der Waals surface area contributed by atoms with Gasteiger partial charge in [-0.3, -0.25) is 9.80 Å². The second-order valence-corrected chi connectivity index (χ2v) is 9.88. The number of carbonyl (C=O) groups excluding carboxylic acids is 1. The number of halogens is 3. The molecular weight excluding hydrogens is 471 g/mol. The molecule has 0 bridgehead atoms. The molecule has 2 aromatic rings. The Kier molecular flexibility index (Phi) is 8.33. The van der Waals surface area contributed by atoms with Crippen LogP contribution in [0.15, 0.2) is 42.7 Å². The minimum absolute atomic E-state index is 0.174. The van der Waals surface area contributed by atoms with E-state index in [0.717, 1.165) is 51.3 Å². The van der Waals surface area contributed by atoms with Gasteiger partial charge in [0.05, 0.1) is 31.1 Å². The van der Waals surface area contributed by atoms with Crippen LogP contribution in [0.5, 0.6) is 0 Å². The molecule has 1 aromatic heterocycles. The zero-order valence-corrected chi connectivity index (χ0v) is 20.8. The zero-order valence-electron chi connectivity index (χ0n) is 20.8. The van der Waals surface area contributed by atoms with Gasteiger partial charge in [0.25, 0.3) is 0 Å². The van der Waals surface area contributed by atoms with E-state index in [9.17, 15) is 18.0 Å². The summed E-state index contributed by atoms with van der Waals surface area (Å²) in [5.74, 6) is 0.920. The average Bonchev–Trinajstić information content (AvgIpc) is 2.85. The molecule has 2 atom stereocenters. The molecule has 1 amide bonds. The minimum Gasteiger partial charge on any atom is -0.449 e. The van der Waals surface area contributed by atoms with Gasteiger partial charge in [0.15, 0.2) is 5.69 Å². The first-order valence-electron chi connectivity index (χ1n) is 12.6. The number of piperidine rings is 1. The van der Waals surface area contributed by atoms with Crippen molar-refractivity contribution in [1.29, 1.82) is 0 Å². The molecule has 0 radical (unpaired) electrons. The number of rotatable bonds is 6. The summed E-state index contributed by atoms with van der Waals surface area (Å²) in [5.41, 5.74) is 0.315. The molecule has 0 saturated carbocycles. The van der Waals surface area contributed by atoms with Crippen LogP contribution in [0.25, 0.3) is 0 Å². The van der Waals surface area contributed by atoms with Gasteiger partial charge in [0.1, 0.15) is 5.82 Å². The second-order valence-electron chi connectivity index (χ2n) is 9.88. The SMILES string of the molecule is C[C@@H]1CN(c2cnc(C(F)(F)F)cn2)C[C@H](C)N1C(=O)OCCC1CCN(Cc2ccccc2)CC1. The Labute approximate surface area is 210 Å². The lowest BCUT2D eigenvalue weighted by Crippen LogP contribution is -2.59. The number of carbonyl (C=O) groups is 1. The van der Waals surface area contributed by atoms with Crippen molar-refractivity contribution in [3.63, 3.8) is 0 Å². The summed E-state index contributed by atoms with van der Waals surface area (Å²) < 4.78 is 43.9. The fraction of sp³-hybridized carbons (Fsp3) is 0.577. The van der Waals surface area contributed by atoms with Gasteiger partial charge < -0.3 is 9.64 Å². The van der Waals surface area contributed by atoms with Crippen LogP contribution in [0.3, 0.4) is 0 Å². The van der Waals surface area contributed by atoms with Gasteiger partial charge in [-0.2, -0.15) is 13.2 Å². The molecular formula is C26H34F3N5O2. The van der Waals surface area contributed by atoms with Crippen LogP contribution in [0.4, 0.5) is 23.8 Å². The summed E-state index contributed by atoms with van der Waals surface area (Å²) in [7, 11) is 0. The Morgan fingerprint density at radius 1 is 1.03 bits per heavy atom. The number of nitrogens with zero attached hydrogens (tertiary/aromatic N) is 5. The van der Waals surface area contributed by atoms with Crippen molar-refractivity contribution in [1.82, 2.24) is 19.8 Å². The number of alkyl halides is 3. The van der Waals surface area contributed by atoms with Gasteiger partial charge in [-0.15, -0.1) is 0 Å². The molecule has 7 nitrogen and oxygen atoms in total. The monoisotopic (exact) mass is 505 g/mol. The molecule has 2 aliphatic heterocycles. The van der Waals surface area contributed by atoms with Crippen molar-refractivity contribution in [2.24, 2.45) is 5.92 Å². The van der Waals surface area contributed by atoms with E-state index in [1.54, 1.807) is 4.90 Å². The Morgan fingerprint density at radius 2 is 1.69 bits per heavy atom. The summed E-state index contributed by atoms with van der Waals surface area (Å²) in [5, 5.41) is 0. The van der Waals surface area contributed by atoms with E-state index in [1.165, 1.54) is 5.56 Å². The van der Waals surface area contributed by atoms with Crippen LogP contribution < -0.4 is 4.90 Å². The fourth-order valence-electron chi connectivity index (χ4n) is 5.16. The molecule has 196 valence electrons. The molecule has 0 spiro atoms. The normalized spacial score (nSPS) is 22.0. The first kappa shape index (κ1) is 26.2. The third kappa shape index (κ3) is 6.66. The number of likely N-dealkylation sites (tertiary alicyclic amines) is 1. The lowest BCUT2D eigenvalue weighted by atomic mass is 9.93. The van der Waals surface area contributed by atoms with Crippen LogP contribution in [-0.4, -0.2) is 70.7 Å². The van der Waals surface area contributed by atoms with Gasteiger partial charge >= 0.3 is 12.3 Å². The molecule has 0 N–H and O–H groups in total. The molecule has 4 rings (SSSR count). The maximum Gasteiger partial charge on any atom is 0.434 e. The Hall–Kier alpha value is -2.88. The predicted octanol–water partition coefficient (Wildman–Crippen LogP) is 4.83. The first-order chi connectivity index (χ1) is 17.2. The average molecular weight is 506 g/mol. The molecule has 2 fully saturated rings. The van der Waals surface area contributed by atoms with Crippen molar-refractivity contribution in [2.75, 3.05) is 37.7 Å². The lowest BCUT2D eigenvalue weighted by molar-refractivity contribution is -0.141. The number of ether oxygens (including phenoxy) is 1. The molecule has 10 heteroatoms. The van der Waals surface area contributed by atoms with Gasteiger partial charge in [0, 0.05) is 19.6 Å². The van der Waals surface area contributed by atoms with Crippen molar-refractivity contribution >= 4 is 11.9 Å². The summed E-state index contributed by atoms with van der Waals surface area (Å²) in [6.07, 6.45) is 0.0878. The van der Waals surface area contributed by atoms with Gasteiger partial charge in [-0.05, 0) is 57.7 Å². The Bertz CT molecular complexity index is 969. The van der Waals surface area contributed by atoms with E-state index in [0.29, 0.717) is 31.4 Å². The highest BCUT2D eigenvalue weighted by atomic mass is 19.4. The lowest BCUT2D eigenvalue weighted by Gasteiger charge is -2.44. The maximum absolute atomic E-state index is 12.8. The van der Waals surface area contributed by atoms with E-state index in [1.807, 2.05) is 24.8 Å². The Morgan fingerprint density at radius 3 is 2.28 bits per heavy atom. The number of piperazine rings is 1. The quantitative estimate of drug-likeness (QED) is 0.560. The molecule has 0 unspecified atom stereocenters. The van der Waals surface area contributed by atoms with Gasteiger partial charge in [-0.1, -0.05) is 30.3 Å². The van der Waals surface area contributed by atoms with Crippen molar-refractivity contribution < 1.29 is 22.7 Å². The number of anilines is 1. The highest BCUT2D eigenvalue weighted by Gasteiger charge is 2.36. The van der Waals surface area contributed by atoms with E-state index in [-0.39, 0.29) is 18.2 Å². The smallest absolute Gasteiger partial charge is 0.434 e. The highest BCUT2D eigenvalue weighted by Crippen LogP contribution is 2.28. The van der Waals surface area contributed by atoms with E-state index < -0.39 is 11.9 Å². The minimum atomic E-state index is -4.52. The summed E-state index contributed by atoms with van der Waals surface area (Å²) in [6.45, 7) is 8.17. The number of hydrogen-bond donors (Lipinski definition) is 0. The highest BCUT2D eigenvalue weighted by molar-refractivity contribution is 5.69. The second kappa shape index (κ2) is 11.5. The zero-order chi connectivity index (χ0) is 25.7. The molecule has 1 aromatic carbocycles. The van der Waals surface area contributed by atoms with Gasteiger partial charge in [-0.25, -0.2) is 14.8 Å². The van der Waals surface area contributed by atoms with Crippen molar-refractivity contribution in [2.45, 2.75) is 57.9 Å².